The highest BCUT2D eigenvalue weighted by Crippen LogP contribution is 2.37. The molecule has 1 atom stereocenters. The smallest absolute Gasteiger partial charge is 0.143 e. The van der Waals surface area contributed by atoms with Crippen LogP contribution in [-0.4, -0.2) is 11.3 Å². The predicted molar refractivity (Wildman–Crippen MR) is 61.9 cm³/mol. The van der Waals surface area contributed by atoms with Crippen molar-refractivity contribution < 1.29 is 4.79 Å². The first-order valence-electron chi connectivity index (χ1n) is 4.69. The molecular weight excluding hydrogens is 206 g/mol. The van der Waals surface area contributed by atoms with Crippen molar-refractivity contribution in [2.24, 2.45) is 0 Å². The van der Waals surface area contributed by atoms with Crippen LogP contribution >= 0.6 is 11.3 Å². The molecule has 3 heteroatoms. The van der Waals surface area contributed by atoms with E-state index in [0.717, 1.165) is 16.9 Å². The first kappa shape index (κ1) is 10.1. The minimum atomic E-state index is -0.260. The number of aldehydes is 1. The lowest BCUT2D eigenvalue weighted by atomic mass is 9.79. The van der Waals surface area contributed by atoms with Crippen molar-refractivity contribution in [3.8, 4) is 0 Å². The fraction of sp³-hybridized carbons (Fsp3) is 0.167. The van der Waals surface area contributed by atoms with Gasteiger partial charge in [0.1, 0.15) is 11.3 Å². The van der Waals surface area contributed by atoms with E-state index < -0.39 is 0 Å². The number of hydrogen-bond donors (Lipinski definition) is 0. The highest BCUT2D eigenvalue weighted by molar-refractivity contribution is 7.09. The summed E-state index contributed by atoms with van der Waals surface area (Å²) in [7, 11) is 0. The Labute approximate surface area is 92.7 Å². The van der Waals surface area contributed by atoms with E-state index in [4.69, 9.17) is 0 Å². The van der Waals surface area contributed by atoms with E-state index in [9.17, 15) is 4.79 Å². The second-order valence-electron chi connectivity index (χ2n) is 3.52. The van der Waals surface area contributed by atoms with Crippen LogP contribution in [0.5, 0.6) is 0 Å². The Morgan fingerprint density at radius 2 is 2.33 bits per heavy atom. The molecule has 2 rings (SSSR count). The second-order valence-corrected chi connectivity index (χ2v) is 4.41. The molecule has 0 saturated heterocycles. The Hall–Kier alpha value is -1.48. The Balaban J connectivity index is 2.50. The number of carbonyl (C=O) groups is 1. The van der Waals surface area contributed by atoms with E-state index in [1.807, 2.05) is 23.6 Å². The van der Waals surface area contributed by atoms with Gasteiger partial charge in [-0.25, -0.2) is 4.98 Å². The maximum atomic E-state index is 10.6. The maximum Gasteiger partial charge on any atom is 0.143 e. The molecule has 0 spiro atoms. The van der Waals surface area contributed by atoms with Crippen molar-refractivity contribution in [1.29, 1.82) is 0 Å². The lowest BCUT2D eigenvalue weighted by molar-refractivity contribution is -0.104. The molecule has 1 aliphatic carbocycles. The quantitative estimate of drug-likeness (QED) is 0.563. The molecule has 0 radical (unpaired) electrons. The van der Waals surface area contributed by atoms with Crippen LogP contribution in [0.2, 0.25) is 0 Å². The molecule has 1 unspecified atom stereocenters. The number of thiazole rings is 1. The van der Waals surface area contributed by atoms with Crippen molar-refractivity contribution in [3.05, 3.63) is 52.5 Å². The Morgan fingerprint density at radius 1 is 1.47 bits per heavy atom. The number of nitrogens with zero attached hydrogens (tertiary/aromatic N) is 1. The van der Waals surface area contributed by atoms with E-state index in [1.54, 1.807) is 23.6 Å². The lowest BCUT2D eigenvalue weighted by Gasteiger charge is -2.26. The van der Waals surface area contributed by atoms with Crippen LogP contribution in [0.3, 0.4) is 0 Å². The Bertz CT molecular complexity index is 442. The lowest BCUT2D eigenvalue weighted by Crippen LogP contribution is -2.22. The van der Waals surface area contributed by atoms with Crippen LogP contribution < -0.4 is 0 Å². The van der Waals surface area contributed by atoms with Crippen LogP contribution in [0.1, 0.15) is 11.9 Å². The van der Waals surface area contributed by atoms with Gasteiger partial charge in [-0.3, -0.25) is 4.79 Å². The Morgan fingerprint density at radius 3 is 3.00 bits per heavy atom. The highest BCUT2D eigenvalue weighted by atomic mass is 32.1. The summed E-state index contributed by atoms with van der Waals surface area (Å²) in [4.78, 5) is 14.9. The van der Waals surface area contributed by atoms with Gasteiger partial charge >= 0.3 is 0 Å². The average Bonchev–Trinajstić information content (AvgIpc) is 2.75. The van der Waals surface area contributed by atoms with Gasteiger partial charge in [0.2, 0.25) is 0 Å². The van der Waals surface area contributed by atoms with E-state index in [0.29, 0.717) is 0 Å². The van der Waals surface area contributed by atoms with Crippen molar-refractivity contribution in [1.82, 2.24) is 4.98 Å². The molecule has 1 aromatic heterocycles. The van der Waals surface area contributed by atoms with Gasteiger partial charge in [-0.05, 0) is 18.6 Å². The summed E-state index contributed by atoms with van der Waals surface area (Å²) in [6.45, 7) is 2.07. The molecule has 1 aliphatic rings. The van der Waals surface area contributed by atoms with Crippen LogP contribution in [0, 0.1) is 0 Å². The van der Waals surface area contributed by atoms with Gasteiger partial charge in [0.05, 0.1) is 5.41 Å². The van der Waals surface area contributed by atoms with Crippen LogP contribution in [-0.2, 0) is 10.2 Å². The molecule has 2 nitrogen and oxygen atoms in total. The topological polar surface area (TPSA) is 30.0 Å². The number of rotatable bonds is 2. The number of hydrogen-bond acceptors (Lipinski definition) is 3. The first-order chi connectivity index (χ1) is 7.27. The molecule has 0 bridgehead atoms. The van der Waals surface area contributed by atoms with Gasteiger partial charge in [-0.2, -0.15) is 0 Å². The largest absolute Gasteiger partial charge is 0.299 e. The zero-order chi connectivity index (χ0) is 10.7. The van der Waals surface area contributed by atoms with Gasteiger partial charge < -0.3 is 0 Å². The summed E-state index contributed by atoms with van der Waals surface area (Å²) in [5, 5.41) is 2.96. The molecule has 1 aromatic rings. The second kappa shape index (κ2) is 3.95. The minimum absolute atomic E-state index is 0.260. The molecule has 0 amide bonds. The van der Waals surface area contributed by atoms with E-state index in [1.165, 1.54) is 0 Å². The molecule has 0 N–H and O–H groups in total. The molecule has 15 heavy (non-hydrogen) atoms. The summed E-state index contributed by atoms with van der Waals surface area (Å²) in [6.07, 6.45) is 12.2. The van der Waals surface area contributed by atoms with Crippen molar-refractivity contribution in [3.63, 3.8) is 0 Å². The monoisotopic (exact) mass is 217 g/mol. The van der Waals surface area contributed by atoms with E-state index >= 15 is 0 Å². The van der Waals surface area contributed by atoms with Gasteiger partial charge in [-0.1, -0.05) is 24.3 Å². The van der Waals surface area contributed by atoms with E-state index in [2.05, 4.69) is 18.0 Å². The standard InChI is InChI=1S/C12H11NOS/c1-12(11-13-7-9-15-11)6-3-2-4-10(12)5-8-14/h2-9H,1H3. The molecule has 0 aromatic carbocycles. The Kier molecular flexibility index (Phi) is 2.64. The number of aromatic nitrogens is 1. The van der Waals surface area contributed by atoms with Crippen LogP contribution in [0.4, 0.5) is 0 Å². The highest BCUT2D eigenvalue weighted by Gasteiger charge is 2.30. The van der Waals surface area contributed by atoms with Crippen molar-refractivity contribution >= 4 is 17.6 Å². The van der Waals surface area contributed by atoms with Crippen LogP contribution in [0.15, 0.2) is 47.5 Å². The first-order valence-corrected chi connectivity index (χ1v) is 5.57. The molecule has 1 heterocycles. The average molecular weight is 217 g/mol. The fourth-order valence-electron chi connectivity index (χ4n) is 1.65. The molecule has 0 saturated carbocycles. The van der Waals surface area contributed by atoms with E-state index in [-0.39, 0.29) is 5.41 Å². The fourth-order valence-corrected chi connectivity index (χ4v) is 2.46. The molecular formula is C12H11NOS. The summed E-state index contributed by atoms with van der Waals surface area (Å²) < 4.78 is 0. The number of allylic oxidation sites excluding steroid dienone is 6. The van der Waals surface area contributed by atoms with Gasteiger partial charge in [0.15, 0.2) is 0 Å². The zero-order valence-corrected chi connectivity index (χ0v) is 9.20. The third-order valence-electron chi connectivity index (χ3n) is 2.54. The van der Waals surface area contributed by atoms with Gasteiger partial charge in [0.25, 0.3) is 0 Å². The van der Waals surface area contributed by atoms with Crippen LogP contribution in [0.25, 0.3) is 0 Å². The predicted octanol–water partition coefficient (Wildman–Crippen LogP) is 2.65. The zero-order valence-electron chi connectivity index (χ0n) is 8.38. The summed E-state index contributed by atoms with van der Waals surface area (Å²) in [5.41, 5.74) is 0.721. The number of carbonyl (C=O) groups excluding carboxylic acids is 1. The third-order valence-corrected chi connectivity index (χ3v) is 3.55. The molecule has 0 fully saturated rings. The third kappa shape index (κ3) is 1.70. The summed E-state index contributed by atoms with van der Waals surface area (Å²) in [5.74, 6) is 0. The summed E-state index contributed by atoms with van der Waals surface area (Å²) in [6, 6.07) is 0. The normalized spacial score (nSPS) is 27.1. The van der Waals surface area contributed by atoms with Crippen molar-refractivity contribution in [2.45, 2.75) is 12.3 Å². The van der Waals surface area contributed by atoms with Gasteiger partial charge in [0, 0.05) is 11.6 Å². The SMILES string of the molecule is CC1(c2nccs2)C=CC=CC1=CC=O. The van der Waals surface area contributed by atoms with Gasteiger partial charge in [-0.15, -0.1) is 11.3 Å². The molecule has 76 valence electrons. The van der Waals surface area contributed by atoms with Crippen molar-refractivity contribution in [2.75, 3.05) is 0 Å². The molecule has 0 aliphatic heterocycles. The summed E-state index contributed by atoms with van der Waals surface area (Å²) >= 11 is 1.60. The minimum Gasteiger partial charge on any atom is -0.299 e. The maximum absolute atomic E-state index is 10.6.